The molecule has 1 unspecified atom stereocenters. The first-order chi connectivity index (χ1) is 5.58. The van der Waals surface area contributed by atoms with Crippen molar-refractivity contribution in [2.24, 2.45) is 5.10 Å². The van der Waals surface area contributed by atoms with Crippen molar-refractivity contribution in [1.82, 2.24) is 10.3 Å². The van der Waals surface area contributed by atoms with Gasteiger partial charge in [0.25, 0.3) is 0 Å². The summed E-state index contributed by atoms with van der Waals surface area (Å²) in [5.74, 6) is 0.656. The molecule has 1 atom stereocenters. The summed E-state index contributed by atoms with van der Waals surface area (Å²) in [6, 6.07) is 0. The van der Waals surface area contributed by atoms with Crippen LogP contribution in [0.3, 0.4) is 0 Å². The SMILES string of the molecule is CC1CC(=NN(C)C)NC(=O)O1. The van der Waals surface area contributed by atoms with Gasteiger partial charge in [-0.2, -0.15) is 5.10 Å². The summed E-state index contributed by atoms with van der Waals surface area (Å²) >= 11 is 0. The van der Waals surface area contributed by atoms with Crippen LogP contribution >= 0.6 is 0 Å². The number of ether oxygens (including phenoxy) is 1. The lowest BCUT2D eigenvalue weighted by atomic mass is 10.2. The van der Waals surface area contributed by atoms with E-state index in [-0.39, 0.29) is 6.10 Å². The molecule has 0 aromatic heterocycles. The molecular weight excluding hydrogens is 158 g/mol. The second kappa shape index (κ2) is 3.42. The van der Waals surface area contributed by atoms with E-state index >= 15 is 0 Å². The van der Waals surface area contributed by atoms with Gasteiger partial charge in [-0.3, -0.25) is 5.32 Å². The standard InChI is InChI=1S/C7H13N3O2/c1-5-4-6(9-10(2)3)8-7(11)12-5/h5H,4H2,1-3H3,(H,8,9,11). The Kier molecular flexibility index (Phi) is 2.52. The number of hydrogen-bond acceptors (Lipinski definition) is 4. The van der Waals surface area contributed by atoms with Crippen molar-refractivity contribution in [2.45, 2.75) is 19.4 Å². The molecular formula is C7H13N3O2. The summed E-state index contributed by atoms with van der Waals surface area (Å²) in [6.07, 6.45) is 0.135. The molecule has 1 heterocycles. The molecule has 1 aliphatic rings. The molecule has 0 aromatic carbocycles. The van der Waals surface area contributed by atoms with Crippen LogP contribution in [0.2, 0.25) is 0 Å². The first-order valence-electron chi connectivity index (χ1n) is 3.80. The average molecular weight is 171 g/mol. The second-order valence-corrected chi connectivity index (χ2v) is 2.94. The predicted molar refractivity (Wildman–Crippen MR) is 44.8 cm³/mol. The molecule has 1 saturated heterocycles. The van der Waals surface area contributed by atoms with Crippen molar-refractivity contribution in [3.05, 3.63) is 0 Å². The van der Waals surface area contributed by atoms with Gasteiger partial charge in [0.05, 0.1) is 0 Å². The summed E-state index contributed by atoms with van der Waals surface area (Å²) in [4.78, 5) is 10.8. The predicted octanol–water partition coefficient (Wildman–Crippen LogP) is 0.380. The maximum atomic E-state index is 10.8. The van der Waals surface area contributed by atoms with Gasteiger partial charge >= 0.3 is 6.09 Å². The molecule has 0 aliphatic carbocycles. The maximum Gasteiger partial charge on any atom is 0.412 e. The number of amidine groups is 1. The summed E-state index contributed by atoms with van der Waals surface area (Å²) < 4.78 is 4.85. The molecule has 0 aromatic rings. The number of nitrogens with one attached hydrogen (secondary N) is 1. The quantitative estimate of drug-likeness (QED) is 0.580. The van der Waals surface area contributed by atoms with Gasteiger partial charge in [0.15, 0.2) is 0 Å². The highest BCUT2D eigenvalue weighted by Gasteiger charge is 2.20. The first-order valence-corrected chi connectivity index (χ1v) is 3.80. The Morgan fingerprint density at radius 3 is 2.83 bits per heavy atom. The fourth-order valence-electron chi connectivity index (χ4n) is 1.00. The molecule has 5 nitrogen and oxygen atoms in total. The molecule has 0 radical (unpaired) electrons. The van der Waals surface area contributed by atoms with E-state index in [1.165, 1.54) is 0 Å². The zero-order chi connectivity index (χ0) is 9.14. The van der Waals surface area contributed by atoms with Crippen molar-refractivity contribution in [3.63, 3.8) is 0 Å². The highest BCUT2D eigenvalue weighted by Crippen LogP contribution is 2.04. The van der Waals surface area contributed by atoms with Crippen molar-refractivity contribution in [2.75, 3.05) is 14.1 Å². The average Bonchev–Trinajstić information content (AvgIpc) is 1.81. The van der Waals surface area contributed by atoms with Crippen LogP contribution in [0.5, 0.6) is 0 Å². The lowest BCUT2D eigenvalue weighted by Crippen LogP contribution is -2.42. The number of nitrogens with zero attached hydrogens (tertiary/aromatic N) is 2. The van der Waals surface area contributed by atoms with E-state index in [2.05, 4.69) is 10.4 Å². The smallest absolute Gasteiger partial charge is 0.412 e. The van der Waals surface area contributed by atoms with Crippen LogP contribution in [0, 0.1) is 0 Å². The van der Waals surface area contributed by atoms with Gasteiger partial charge in [-0.15, -0.1) is 0 Å². The third kappa shape index (κ3) is 2.41. The minimum absolute atomic E-state index is 0.0857. The monoisotopic (exact) mass is 171 g/mol. The van der Waals surface area contributed by atoms with Crippen molar-refractivity contribution >= 4 is 11.9 Å². The zero-order valence-corrected chi connectivity index (χ0v) is 7.50. The van der Waals surface area contributed by atoms with Gasteiger partial charge in [-0.1, -0.05) is 0 Å². The summed E-state index contributed by atoms with van der Waals surface area (Å²) in [5, 5.41) is 8.25. The highest BCUT2D eigenvalue weighted by atomic mass is 16.6. The van der Waals surface area contributed by atoms with Crippen LogP contribution in [-0.4, -0.2) is 37.1 Å². The molecule has 1 aliphatic heterocycles. The van der Waals surface area contributed by atoms with Crippen molar-refractivity contribution in [3.8, 4) is 0 Å². The van der Waals surface area contributed by atoms with E-state index in [1.807, 2.05) is 6.92 Å². The molecule has 0 spiro atoms. The molecule has 1 N–H and O–H groups in total. The molecule has 68 valence electrons. The van der Waals surface area contributed by atoms with Crippen LogP contribution in [-0.2, 0) is 4.74 Å². The maximum absolute atomic E-state index is 10.8. The van der Waals surface area contributed by atoms with Crippen LogP contribution in [0.25, 0.3) is 0 Å². The number of carbonyl (C=O) groups excluding carboxylic acids is 1. The Balaban J connectivity index is 2.61. The molecule has 1 fully saturated rings. The van der Waals surface area contributed by atoms with E-state index in [1.54, 1.807) is 19.1 Å². The summed E-state index contributed by atoms with van der Waals surface area (Å²) in [7, 11) is 3.61. The Morgan fingerprint density at radius 1 is 1.67 bits per heavy atom. The number of hydrogen-bond donors (Lipinski definition) is 1. The van der Waals surface area contributed by atoms with Gasteiger partial charge in [0.2, 0.25) is 0 Å². The minimum Gasteiger partial charge on any atom is -0.446 e. The molecule has 5 heteroatoms. The molecule has 0 bridgehead atoms. The van der Waals surface area contributed by atoms with Crippen LogP contribution in [0.15, 0.2) is 5.10 Å². The third-order valence-electron chi connectivity index (χ3n) is 1.36. The second-order valence-electron chi connectivity index (χ2n) is 2.94. The van der Waals surface area contributed by atoms with E-state index in [9.17, 15) is 4.79 Å². The zero-order valence-electron chi connectivity index (χ0n) is 7.50. The fourth-order valence-corrected chi connectivity index (χ4v) is 1.00. The number of carbonyl (C=O) groups is 1. The van der Waals surface area contributed by atoms with Gasteiger partial charge in [-0.05, 0) is 6.92 Å². The van der Waals surface area contributed by atoms with Gasteiger partial charge < -0.3 is 9.75 Å². The van der Waals surface area contributed by atoms with E-state index in [4.69, 9.17) is 4.74 Å². The minimum atomic E-state index is -0.422. The first kappa shape index (κ1) is 8.83. The number of cyclic esters (lactones) is 1. The fraction of sp³-hybridized carbons (Fsp3) is 0.714. The Hall–Kier alpha value is -1.26. The van der Waals surface area contributed by atoms with Gasteiger partial charge in [0.1, 0.15) is 11.9 Å². The van der Waals surface area contributed by atoms with Crippen LogP contribution in [0.1, 0.15) is 13.3 Å². The van der Waals surface area contributed by atoms with Crippen molar-refractivity contribution in [1.29, 1.82) is 0 Å². The topological polar surface area (TPSA) is 53.9 Å². The Labute approximate surface area is 71.4 Å². The Bertz CT molecular complexity index is 213. The third-order valence-corrected chi connectivity index (χ3v) is 1.36. The van der Waals surface area contributed by atoms with Crippen LogP contribution in [0.4, 0.5) is 4.79 Å². The summed E-state index contributed by atoms with van der Waals surface area (Å²) in [6.45, 7) is 1.84. The summed E-state index contributed by atoms with van der Waals surface area (Å²) in [5.41, 5.74) is 0. The van der Waals surface area contributed by atoms with E-state index in [0.29, 0.717) is 12.3 Å². The largest absolute Gasteiger partial charge is 0.446 e. The lowest BCUT2D eigenvalue weighted by molar-refractivity contribution is 0.105. The number of hydrazone groups is 1. The number of amides is 1. The molecule has 1 rings (SSSR count). The van der Waals surface area contributed by atoms with Crippen molar-refractivity contribution < 1.29 is 9.53 Å². The molecule has 0 saturated carbocycles. The molecule has 1 amide bonds. The van der Waals surface area contributed by atoms with Gasteiger partial charge in [-0.25, -0.2) is 4.79 Å². The Morgan fingerprint density at radius 2 is 2.33 bits per heavy atom. The number of alkyl carbamates (subject to hydrolysis) is 1. The normalized spacial score (nSPS) is 26.4. The lowest BCUT2D eigenvalue weighted by Gasteiger charge is -2.21. The number of rotatable bonds is 1. The van der Waals surface area contributed by atoms with Gasteiger partial charge in [0, 0.05) is 20.5 Å². The van der Waals surface area contributed by atoms with E-state index < -0.39 is 6.09 Å². The van der Waals surface area contributed by atoms with E-state index in [0.717, 1.165) is 0 Å². The highest BCUT2D eigenvalue weighted by molar-refractivity contribution is 5.97. The van der Waals surface area contributed by atoms with Crippen LogP contribution < -0.4 is 5.32 Å². The molecule has 12 heavy (non-hydrogen) atoms.